The highest BCUT2D eigenvalue weighted by Crippen LogP contribution is 2.47. The SMILES string of the molecule is CSc1ccccc1C(=O)NCC1(CCO)CC1. The lowest BCUT2D eigenvalue weighted by atomic mass is 10.0. The van der Waals surface area contributed by atoms with Gasteiger partial charge in [-0.15, -0.1) is 11.8 Å². The van der Waals surface area contributed by atoms with Crippen LogP contribution in [0.3, 0.4) is 0 Å². The molecule has 1 fully saturated rings. The molecule has 1 aromatic rings. The molecule has 1 aliphatic carbocycles. The van der Waals surface area contributed by atoms with Crippen LogP contribution in [0.25, 0.3) is 0 Å². The highest BCUT2D eigenvalue weighted by atomic mass is 32.2. The summed E-state index contributed by atoms with van der Waals surface area (Å²) in [4.78, 5) is 13.1. The lowest BCUT2D eigenvalue weighted by Gasteiger charge is -2.15. The van der Waals surface area contributed by atoms with E-state index < -0.39 is 0 Å². The third-order valence-electron chi connectivity index (χ3n) is 3.57. The highest BCUT2D eigenvalue weighted by molar-refractivity contribution is 7.98. The maximum Gasteiger partial charge on any atom is 0.252 e. The normalized spacial score (nSPS) is 16.3. The van der Waals surface area contributed by atoms with Gasteiger partial charge in [0, 0.05) is 18.0 Å². The van der Waals surface area contributed by atoms with Crippen LogP contribution in [0.4, 0.5) is 0 Å². The number of nitrogens with one attached hydrogen (secondary N) is 1. The molecule has 4 heteroatoms. The second kappa shape index (κ2) is 5.76. The molecule has 1 amide bonds. The van der Waals surface area contributed by atoms with E-state index in [4.69, 9.17) is 5.11 Å². The van der Waals surface area contributed by atoms with Crippen molar-refractivity contribution in [3.63, 3.8) is 0 Å². The molecule has 98 valence electrons. The van der Waals surface area contributed by atoms with Crippen molar-refractivity contribution in [2.24, 2.45) is 5.41 Å². The van der Waals surface area contributed by atoms with Crippen molar-refractivity contribution in [3.8, 4) is 0 Å². The smallest absolute Gasteiger partial charge is 0.252 e. The molecule has 2 rings (SSSR count). The third-order valence-corrected chi connectivity index (χ3v) is 4.37. The molecular weight excluding hydrogens is 246 g/mol. The molecule has 1 aromatic carbocycles. The van der Waals surface area contributed by atoms with Crippen LogP contribution < -0.4 is 5.32 Å². The topological polar surface area (TPSA) is 49.3 Å². The van der Waals surface area contributed by atoms with Crippen molar-refractivity contribution in [1.29, 1.82) is 0 Å². The number of carbonyl (C=O) groups is 1. The summed E-state index contributed by atoms with van der Waals surface area (Å²) in [6.07, 6.45) is 4.98. The van der Waals surface area contributed by atoms with Gasteiger partial charge < -0.3 is 10.4 Å². The highest BCUT2D eigenvalue weighted by Gasteiger charge is 2.41. The largest absolute Gasteiger partial charge is 0.396 e. The summed E-state index contributed by atoms with van der Waals surface area (Å²) in [6, 6.07) is 7.64. The number of amides is 1. The van der Waals surface area contributed by atoms with Crippen LogP contribution in [0, 0.1) is 5.41 Å². The summed E-state index contributed by atoms with van der Waals surface area (Å²) in [5.41, 5.74) is 0.906. The van der Waals surface area contributed by atoms with E-state index in [1.54, 1.807) is 11.8 Å². The fourth-order valence-electron chi connectivity index (χ4n) is 2.12. The zero-order valence-electron chi connectivity index (χ0n) is 10.6. The van der Waals surface area contributed by atoms with Gasteiger partial charge in [0.05, 0.1) is 5.56 Å². The Kier molecular flexibility index (Phi) is 4.30. The number of benzene rings is 1. The predicted molar refractivity (Wildman–Crippen MR) is 73.9 cm³/mol. The van der Waals surface area contributed by atoms with Gasteiger partial charge in [0.15, 0.2) is 0 Å². The average Bonchev–Trinajstić information content (AvgIpc) is 3.16. The van der Waals surface area contributed by atoms with Crippen LogP contribution in [0.2, 0.25) is 0 Å². The number of aliphatic hydroxyl groups excluding tert-OH is 1. The Labute approximate surface area is 112 Å². The zero-order valence-corrected chi connectivity index (χ0v) is 11.4. The Balaban J connectivity index is 1.96. The maximum absolute atomic E-state index is 12.1. The minimum atomic E-state index is -0.0100. The predicted octanol–water partition coefficient (Wildman–Crippen LogP) is 2.30. The average molecular weight is 265 g/mol. The van der Waals surface area contributed by atoms with Crippen LogP contribution in [0.15, 0.2) is 29.2 Å². The Morgan fingerprint density at radius 2 is 2.17 bits per heavy atom. The van der Waals surface area contributed by atoms with E-state index in [1.165, 1.54) is 0 Å². The minimum absolute atomic E-state index is 0.0100. The molecule has 0 aliphatic heterocycles. The third kappa shape index (κ3) is 3.06. The van der Waals surface area contributed by atoms with Gasteiger partial charge in [0.25, 0.3) is 5.91 Å². The van der Waals surface area contributed by atoms with Gasteiger partial charge in [-0.25, -0.2) is 0 Å². The zero-order chi connectivity index (χ0) is 13.0. The number of rotatable bonds is 6. The summed E-state index contributed by atoms with van der Waals surface area (Å²) in [7, 11) is 0. The second-order valence-electron chi connectivity index (χ2n) is 4.86. The van der Waals surface area contributed by atoms with Crippen molar-refractivity contribution in [2.75, 3.05) is 19.4 Å². The van der Waals surface area contributed by atoms with Gasteiger partial charge in [-0.3, -0.25) is 4.79 Å². The quantitative estimate of drug-likeness (QED) is 0.776. The second-order valence-corrected chi connectivity index (χ2v) is 5.70. The number of hydrogen-bond donors (Lipinski definition) is 2. The lowest BCUT2D eigenvalue weighted by molar-refractivity contribution is 0.0938. The van der Waals surface area contributed by atoms with Crippen molar-refractivity contribution >= 4 is 17.7 Å². The Morgan fingerprint density at radius 3 is 2.78 bits per heavy atom. The number of carbonyl (C=O) groups excluding carboxylic acids is 1. The van der Waals surface area contributed by atoms with Crippen LogP contribution in [0.5, 0.6) is 0 Å². The Bertz CT molecular complexity index is 430. The Hall–Kier alpha value is -1.00. The summed E-state index contributed by atoms with van der Waals surface area (Å²) < 4.78 is 0. The molecule has 0 radical (unpaired) electrons. The van der Waals surface area contributed by atoms with Crippen LogP contribution >= 0.6 is 11.8 Å². The van der Waals surface area contributed by atoms with E-state index in [9.17, 15) is 4.79 Å². The van der Waals surface area contributed by atoms with Crippen LogP contribution in [-0.2, 0) is 0 Å². The molecule has 18 heavy (non-hydrogen) atoms. The molecule has 0 atom stereocenters. The monoisotopic (exact) mass is 265 g/mol. The molecule has 0 heterocycles. The molecule has 0 aromatic heterocycles. The van der Waals surface area contributed by atoms with E-state index in [-0.39, 0.29) is 17.9 Å². The van der Waals surface area contributed by atoms with Gasteiger partial charge in [-0.1, -0.05) is 12.1 Å². The molecule has 0 unspecified atom stereocenters. The summed E-state index contributed by atoms with van der Waals surface area (Å²) in [5, 5.41) is 12.0. The molecule has 1 saturated carbocycles. The molecular formula is C14H19NO2S. The minimum Gasteiger partial charge on any atom is -0.396 e. The molecule has 3 nitrogen and oxygen atoms in total. The molecule has 0 spiro atoms. The number of aliphatic hydroxyl groups is 1. The van der Waals surface area contributed by atoms with Crippen molar-refractivity contribution < 1.29 is 9.90 Å². The number of hydrogen-bond acceptors (Lipinski definition) is 3. The summed E-state index contributed by atoms with van der Waals surface area (Å²) in [5.74, 6) is -0.0100. The Morgan fingerprint density at radius 1 is 1.44 bits per heavy atom. The molecule has 0 saturated heterocycles. The first-order chi connectivity index (χ1) is 8.71. The van der Waals surface area contributed by atoms with E-state index in [0.717, 1.165) is 29.7 Å². The van der Waals surface area contributed by atoms with E-state index in [0.29, 0.717) is 6.54 Å². The maximum atomic E-state index is 12.1. The fourth-order valence-corrected chi connectivity index (χ4v) is 2.72. The number of thioether (sulfide) groups is 1. The van der Waals surface area contributed by atoms with E-state index in [1.807, 2.05) is 30.5 Å². The van der Waals surface area contributed by atoms with Crippen molar-refractivity contribution in [3.05, 3.63) is 29.8 Å². The molecule has 2 N–H and O–H groups in total. The fraction of sp³-hybridized carbons (Fsp3) is 0.500. The van der Waals surface area contributed by atoms with Gasteiger partial charge in [-0.2, -0.15) is 0 Å². The van der Waals surface area contributed by atoms with Gasteiger partial charge in [0.1, 0.15) is 0 Å². The first-order valence-electron chi connectivity index (χ1n) is 6.23. The van der Waals surface area contributed by atoms with Crippen molar-refractivity contribution in [1.82, 2.24) is 5.32 Å². The lowest BCUT2D eigenvalue weighted by Crippen LogP contribution is -2.31. The first-order valence-corrected chi connectivity index (χ1v) is 7.45. The first kappa shape index (κ1) is 13.4. The molecule has 0 bridgehead atoms. The molecule has 1 aliphatic rings. The summed E-state index contributed by atoms with van der Waals surface area (Å²) in [6.45, 7) is 0.881. The van der Waals surface area contributed by atoms with Gasteiger partial charge in [-0.05, 0) is 43.1 Å². The van der Waals surface area contributed by atoms with Crippen LogP contribution in [-0.4, -0.2) is 30.4 Å². The van der Waals surface area contributed by atoms with Crippen molar-refractivity contribution in [2.45, 2.75) is 24.2 Å². The standard InChI is InChI=1S/C14H19NO2S/c1-18-12-5-3-2-4-11(12)13(17)15-10-14(6-7-14)8-9-16/h2-5,16H,6-10H2,1H3,(H,15,17). The van der Waals surface area contributed by atoms with Crippen LogP contribution in [0.1, 0.15) is 29.6 Å². The van der Waals surface area contributed by atoms with Gasteiger partial charge >= 0.3 is 0 Å². The van der Waals surface area contributed by atoms with E-state index >= 15 is 0 Å². The van der Waals surface area contributed by atoms with E-state index in [2.05, 4.69) is 5.32 Å². The summed E-state index contributed by atoms with van der Waals surface area (Å²) >= 11 is 1.58. The van der Waals surface area contributed by atoms with Gasteiger partial charge in [0.2, 0.25) is 0 Å².